The van der Waals surface area contributed by atoms with Crippen molar-refractivity contribution < 1.29 is 0 Å². The lowest BCUT2D eigenvalue weighted by Gasteiger charge is -2.42. The van der Waals surface area contributed by atoms with Crippen molar-refractivity contribution in [1.82, 2.24) is 10.2 Å². The number of nitrogens with zero attached hydrogens (tertiary/aromatic N) is 1. The summed E-state index contributed by atoms with van der Waals surface area (Å²) < 4.78 is 0. The van der Waals surface area contributed by atoms with Gasteiger partial charge < -0.3 is 10.2 Å². The molecule has 3 unspecified atom stereocenters. The van der Waals surface area contributed by atoms with E-state index in [1.165, 1.54) is 50.9 Å². The molecule has 2 nitrogen and oxygen atoms in total. The number of nitrogens with one attached hydrogen (secondary N) is 1. The lowest BCUT2D eigenvalue weighted by atomic mass is 9.87. The molecule has 1 N–H and O–H groups in total. The van der Waals surface area contributed by atoms with Gasteiger partial charge in [-0.05, 0) is 64.2 Å². The quantitative estimate of drug-likeness (QED) is 0.683. The van der Waals surface area contributed by atoms with Gasteiger partial charge in [0.2, 0.25) is 0 Å². The highest BCUT2D eigenvalue weighted by atomic mass is 32.2. The number of likely N-dealkylation sites (tertiary alicyclic amines) is 1. The first kappa shape index (κ1) is 16.3. The van der Waals surface area contributed by atoms with Gasteiger partial charge in [-0.3, -0.25) is 0 Å². The van der Waals surface area contributed by atoms with Gasteiger partial charge in [-0.25, -0.2) is 0 Å². The summed E-state index contributed by atoms with van der Waals surface area (Å²) in [5.41, 5.74) is 0. The van der Waals surface area contributed by atoms with Gasteiger partial charge in [0.25, 0.3) is 0 Å². The van der Waals surface area contributed by atoms with E-state index in [2.05, 4.69) is 37.4 Å². The van der Waals surface area contributed by atoms with Crippen LogP contribution in [0.2, 0.25) is 0 Å². The van der Waals surface area contributed by atoms with Crippen LogP contribution in [0, 0.1) is 5.92 Å². The van der Waals surface area contributed by atoms with E-state index in [-0.39, 0.29) is 0 Å². The van der Waals surface area contributed by atoms with E-state index in [0.717, 1.165) is 18.0 Å². The Morgan fingerprint density at radius 3 is 2.56 bits per heavy atom. The predicted octanol–water partition coefficient (Wildman–Crippen LogP) is 3.23. The van der Waals surface area contributed by atoms with Gasteiger partial charge in [0.1, 0.15) is 0 Å². The Morgan fingerprint density at radius 2 is 1.89 bits per heavy atom. The van der Waals surface area contributed by atoms with Crippen LogP contribution in [0.3, 0.4) is 0 Å². The number of thioether (sulfide) groups is 1. The summed E-state index contributed by atoms with van der Waals surface area (Å²) >= 11 is 1.97. The number of hydrogen-bond acceptors (Lipinski definition) is 3. The van der Waals surface area contributed by atoms with Crippen molar-refractivity contribution in [3.8, 4) is 0 Å². The highest BCUT2D eigenvalue weighted by Gasteiger charge is 2.30. The predicted molar refractivity (Wildman–Crippen MR) is 84.5 cm³/mol. The number of piperidine rings is 1. The molecule has 3 heteroatoms. The van der Waals surface area contributed by atoms with Crippen LogP contribution in [0.1, 0.15) is 46.0 Å². The molecule has 1 rings (SSSR count). The largest absolute Gasteiger partial charge is 0.317 e. The molecule has 0 aliphatic carbocycles. The third-order valence-electron chi connectivity index (χ3n) is 4.61. The zero-order valence-electron chi connectivity index (χ0n) is 12.7. The molecular formula is C15H32N2S. The van der Waals surface area contributed by atoms with Gasteiger partial charge in [0, 0.05) is 12.1 Å². The van der Waals surface area contributed by atoms with Crippen molar-refractivity contribution in [3.63, 3.8) is 0 Å². The van der Waals surface area contributed by atoms with Crippen LogP contribution in [0.15, 0.2) is 0 Å². The minimum absolute atomic E-state index is 0.720. The maximum Gasteiger partial charge on any atom is 0.0117 e. The zero-order valence-corrected chi connectivity index (χ0v) is 13.6. The maximum absolute atomic E-state index is 3.47. The van der Waals surface area contributed by atoms with Gasteiger partial charge in [-0.2, -0.15) is 11.8 Å². The van der Waals surface area contributed by atoms with E-state index in [4.69, 9.17) is 0 Å². The molecule has 1 fully saturated rings. The Labute approximate surface area is 118 Å². The first-order valence-electron chi connectivity index (χ1n) is 7.61. The van der Waals surface area contributed by atoms with Gasteiger partial charge in [0.15, 0.2) is 0 Å². The summed E-state index contributed by atoms with van der Waals surface area (Å²) in [5, 5.41) is 3.47. The molecule has 0 saturated carbocycles. The summed E-state index contributed by atoms with van der Waals surface area (Å²) in [6, 6.07) is 1.46. The Bertz CT molecular complexity index is 211. The fraction of sp³-hybridized carbons (Fsp3) is 1.00. The lowest BCUT2D eigenvalue weighted by Crippen LogP contribution is -2.52. The zero-order chi connectivity index (χ0) is 13.4. The van der Waals surface area contributed by atoms with Crippen molar-refractivity contribution in [2.75, 3.05) is 32.1 Å². The molecule has 1 aliphatic rings. The summed E-state index contributed by atoms with van der Waals surface area (Å²) in [5.74, 6) is 2.11. The van der Waals surface area contributed by atoms with Crippen LogP contribution >= 0.6 is 11.8 Å². The van der Waals surface area contributed by atoms with Crippen molar-refractivity contribution in [3.05, 3.63) is 0 Å². The van der Waals surface area contributed by atoms with E-state index in [0.29, 0.717) is 0 Å². The van der Waals surface area contributed by atoms with Crippen LogP contribution in [-0.4, -0.2) is 49.1 Å². The molecule has 3 atom stereocenters. The average molecular weight is 273 g/mol. The molecule has 108 valence electrons. The summed E-state index contributed by atoms with van der Waals surface area (Å²) in [6.07, 6.45) is 9.12. The topological polar surface area (TPSA) is 15.3 Å². The lowest BCUT2D eigenvalue weighted by molar-refractivity contribution is 0.0860. The summed E-state index contributed by atoms with van der Waals surface area (Å²) in [6.45, 7) is 7.39. The standard InChI is InChI=1S/C15H32N2S/c1-13-14(2)17(11-9-15(13)16-3)10-7-5-6-8-12-18-4/h13-16H,5-12H2,1-4H3. The molecule has 0 aromatic rings. The second-order valence-electron chi connectivity index (χ2n) is 5.73. The second kappa shape index (κ2) is 9.22. The van der Waals surface area contributed by atoms with E-state index in [1.54, 1.807) is 0 Å². The molecule has 0 radical (unpaired) electrons. The number of rotatable bonds is 8. The van der Waals surface area contributed by atoms with Crippen LogP contribution in [-0.2, 0) is 0 Å². The fourth-order valence-electron chi connectivity index (χ4n) is 3.08. The maximum atomic E-state index is 3.47. The molecule has 0 amide bonds. The first-order valence-corrected chi connectivity index (χ1v) is 9.00. The monoisotopic (exact) mass is 272 g/mol. The van der Waals surface area contributed by atoms with Crippen LogP contribution in [0.4, 0.5) is 0 Å². The van der Waals surface area contributed by atoms with E-state index >= 15 is 0 Å². The van der Waals surface area contributed by atoms with Crippen LogP contribution < -0.4 is 5.32 Å². The molecule has 0 aromatic carbocycles. The SMILES string of the molecule is CNC1CCN(CCCCCCSC)C(C)C1C. The van der Waals surface area contributed by atoms with Crippen molar-refractivity contribution in [2.24, 2.45) is 5.92 Å². The van der Waals surface area contributed by atoms with Crippen LogP contribution in [0.25, 0.3) is 0 Å². The Hall–Kier alpha value is 0.270. The van der Waals surface area contributed by atoms with Crippen molar-refractivity contribution >= 4 is 11.8 Å². The molecular weight excluding hydrogens is 240 g/mol. The molecule has 0 aromatic heterocycles. The Balaban J connectivity index is 2.15. The second-order valence-corrected chi connectivity index (χ2v) is 6.71. The molecule has 0 bridgehead atoms. The van der Waals surface area contributed by atoms with Crippen LogP contribution in [0.5, 0.6) is 0 Å². The van der Waals surface area contributed by atoms with E-state index in [1.807, 2.05) is 11.8 Å². The highest BCUT2D eigenvalue weighted by Crippen LogP contribution is 2.23. The van der Waals surface area contributed by atoms with E-state index < -0.39 is 0 Å². The van der Waals surface area contributed by atoms with Gasteiger partial charge in [-0.1, -0.05) is 19.8 Å². The molecule has 1 saturated heterocycles. The number of unbranched alkanes of at least 4 members (excludes halogenated alkanes) is 3. The van der Waals surface area contributed by atoms with Crippen molar-refractivity contribution in [2.45, 2.75) is 58.0 Å². The summed E-state index contributed by atoms with van der Waals surface area (Å²) in [7, 11) is 2.11. The molecule has 1 heterocycles. The first-order chi connectivity index (χ1) is 8.70. The fourth-order valence-corrected chi connectivity index (χ4v) is 3.57. The highest BCUT2D eigenvalue weighted by molar-refractivity contribution is 7.98. The Morgan fingerprint density at radius 1 is 1.17 bits per heavy atom. The van der Waals surface area contributed by atoms with Crippen molar-refractivity contribution in [1.29, 1.82) is 0 Å². The molecule has 0 spiro atoms. The summed E-state index contributed by atoms with van der Waals surface area (Å²) in [4.78, 5) is 2.70. The smallest absolute Gasteiger partial charge is 0.0117 e. The van der Waals surface area contributed by atoms with Gasteiger partial charge in [0.05, 0.1) is 0 Å². The van der Waals surface area contributed by atoms with Gasteiger partial charge >= 0.3 is 0 Å². The minimum Gasteiger partial charge on any atom is -0.317 e. The third-order valence-corrected chi connectivity index (χ3v) is 5.31. The minimum atomic E-state index is 0.720. The molecule has 1 aliphatic heterocycles. The van der Waals surface area contributed by atoms with Gasteiger partial charge in [-0.15, -0.1) is 0 Å². The third kappa shape index (κ3) is 5.10. The normalized spacial score (nSPS) is 29.7. The molecule has 18 heavy (non-hydrogen) atoms. The number of hydrogen-bond donors (Lipinski definition) is 1. The van der Waals surface area contributed by atoms with E-state index in [9.17, 15) is 0 Å². The Kier molecular flexibility index (Phi) is 8.36. The average Bonchev–Trinajstić information content (AvgIpc) is 2.38.